The molecule has 5 nitrogen and oxygen atoms in total. The van der Waals surface area contributed by atoms with Crippen LogP contribution in [-0.2, 0) is 16.0 Å². The third kappa shape index (κ3) is 4.99. The van der Waals surface area contributed by atoms with Crippen LogP contribution in [0, 0.1) is 5.92 Å². The Morgan fingerprint density at radius 2 is 2.05 bits per heavy atom. The minimum Gasteiger partial charge on any atom is -0.497 e. The first-order valence-corrected chi connectivity index (χ1v) is 6.09. The van der Waals surface area contributed by atoms with E-state index in [1.165, 1.54) is 18.9 Å². The molecule has 0 heterocycles. The van der Waals surface area contributed by atoms with Crippen molar-refractivity contribution >= 4 is 12.2 Å². The van der Waals surface area contributed by atoms with Crippen molar-refractivity contribution in [2.24, 2.45) is 11.1 Å². The third-order valence-electron chi connectivity index (χ3n) is 2.89. The van der Waals surface area contributed by atoms with Gasteiger partial charge in [-0.05, 0) is 37.0 Å². The van der Waals surface area contributed by atoms with Crippen LogP contribution >= 0.6 is 0 Å². The molecule has 1 rings (SSSR count). The number of aryl methyl sites for hydroxylation is 1. The lowest BCUT2D eigenvalue weighted by atomic mass is 10.0. The highest BCUT2D eigenvalue weighted by Crippen LogP contribution is 2.15. The van der Waals surface area contributed by atoms with E-state index in [1.54, 1.807) is 7.11 Å². The van der Waals surface area contributed by atoms with Gasteiger partial charge in [-0.15, -0.1) is 5.16 Å². The molecule has 1 atom stereocenters. The highest BCUT2D eigenvalue weighted by atomic mass is 16.5. The summed E-state index contributed by atoms with van der Waals surface area (Å²) in [6, 6.07) is 7.79. The van der Waals surface area contributed by atoms with Gasteiger partial charge in [0.1, 0.15) is 5.75 Å². The van der Waals surface area contributed by atoms with Crippen LogP contribution in [0.15, 0.2) is 29.4 Å². The molecule has 1 aromatic carbocycles. The smallest absolute Gasteiger partial charge is 0.314 e. The van der Waals surface area contributed by atoms with Gasteiger partial charge in [0.25, 0.3) is 0 Å². The molecule has 0 spiro atoms. The summed E-state index contributed by atoms with van der Waals surface area (Å²) in [5, 5.41) is 11.4. The molecule has 0 saturated heterocycles. The fourth-order valence-corrected chi connectivity index (χ4v) is 1.80. The van der Waals surface area contributed by atoms with Crippen LogP contribution in [0.3, 0.4) is 0 Å². The third-order valence-corrected chi connectivity index (χ3v) is 2.89. The number of benzene rings is 1. The Morgan fingerprint density at radius 3 is 2.58 bits per heavy atom. The Balaban J connectivity index is 2.44. The zero-order valence-corrected chi connectivity index (χ0v) is 11.2. The van der Waals surface area contributed by atoms with Crippen molar-refractivity contribution in [1.29, 1.82) is 0 Å². The number of hydrogen-bond acceptors (Lipinski definition) is 5. The maximum absolute atomic E-state index is 11.4. The van der Waals surface area contributed by atoms with Gasteiger partial charge >= 0.3 is 5.97 Å². The zero-order chi connectivity index (χ0) is 14.1. The molecule has 1 N–H and O–H groups in total. The standard InChI is InChI=1S/C14H19NO4/c1-18-13-8-6-11(7-9-13)4-3-5-12(10-15-17)14(16)19-2/h6-10,12,17H,3-5H2,1-2H3/b15-10-. The molecule has 0 fully saturated rings. The van der Waals surface area contributed by atoms with Gasteiger partial charge in [0, 0.05) is 0 Å². The van der Waals surface area contributed by atoms with E-state index in [0.29, 0.717) is 6.42 Å². The van der Waals surface area contributed by atoms with E-state index in [4.69, 9.17) is 9.94 Å². The number of ether oxygens (including phenoxy) is 2. The predicted molar refractivity (Wildman–Crippen MR) is 71.7 cm³/mol. The van der Waals surface area contributed by atoms with Crippen molar-refractivity contribution in [3.63, 3.8) is 0 Å². The molecule has 0 aliphatic rings. The summed E-state index contributed by atoms with van der Waals surface area (Å²) < 4.78 is 9.72. The average Bonchev–Trinajstić information content (AvgIpc) is 2.46. The van der Waals surface area contributed by atoms with Crippen LogP contribution in [0.5, 0.6) is 5.75 Å². The lowest BCUT2D eigenvalue weighted by Crippen LogP contribution is -2.17. The average molecular weight is 265 g/mol. The quantitative estimate of drug-likeness (QED) is 0.355. The number of methoxy groups -OCH3 is 2. The summed E-state index contributed by atoms with van der Waals surface area (Å²) in [5.74, 6) is -0.0515. The second-order valence-corrected chi connectivity index (χ2v) is 4.13. The van der Waals surface area contributed by atoms with Gasteiger partial charge in [-0.1, -0.05) is 12.1 Å². The van der Waals surface area contributed by atoms with Crippen LogP contribution in [0.2, 0.25) is 0 Å². The van der Waals surface area contributed by atoms with Gasteiger partial charge in [-0.2, -0.15) is 0 Å². The van der Waals surface area contributed by atoms with Gasteiger partial charge in [0.15, 0.2) is 0 Å². The lowest BCUT2D eigenvalue weighted by Gasteiger charge is -2.09. The summed E-state index contributed by atoms with van der Waals surface area (Å²) in [6.45, 7) is 0. The Labute approximate surface area is 112 Å². The van der Waals surface area contributed by atoms with E-state index >= 15 is 0 Å². The molecule has 0 aromatic heterocycles. The molecule has 104 valence electrons. The summed E-state index contributed by atoms with van der Waals surface area (Å²) in [7, 11) is 2.95. The molecule has 1 aromatic rings. The first-order valence-electron chi connectivity index (χ1n) is 6.09. The number of rotatable bonds is 7. The molecule has 1 unspecified atom stereocenters. The van der Waals surface area contributed by atoms with Crippen molar-refractivity contribution in [3.05, 3.63) is 29.8 Å². The maximum atomic E-state index is 11.4. The fourth-order valence-electron chi connectivity index (χ4n) is 1.80. The minimum atomic E-state index is -0.492. The van der Waals surface area contributed by atoms with E-state index in [9.17, 15) is 4.79 Å². The highest BCUT2D eigenvalue weighted by Gasteiger charge is 2.16. The zero-order valence-electron chi connectivity index (χ0n) is 11.2. The molecule has 0 aliphatic carbocycles. The van der Waals surface area contributed by atoms with Gasteiger partial charge < -0.3 is 14.7 Å². The monoisotopic (exact) mass is 265 g/mol. The van der Waals surface area contributed by atoms with Crippen LogP contribution < -0.4 is 4.74 Å². The van der Waals surface area contributed by atoms with Crippen LogP contribution in [-0.4, -0.2) is 31.6 Å². The highest BCUT2D eigenvalue weighted by molar-refractivity contribution is 5.89. The van der Waals surface area contributed by atoms with E-state index in [0.717, 1.165) is 18.6 Å². The molecule has 0 amide bonds. The van der Waals surface area contributed by atoms with Gasteiger partial charge in [-0.25, -0.2) is 0 Å². The van der Waals surface area contributed by atoms with Crippen LogP contribution in [0.25, 0.3) is 0 Å². The lowest BCUT2D eigenvalue weighted by molar-refractivity contribution is -0.143. The van der Waals surface area contributed by atoms with Gasteiger partial charge in [0.2, 0.25) is 0 Å². The van der Waals surface area contributed by atoms with E-state index in [1.807, 2.05) is 24.3 Å². The Hall–Kier alpha value is -2.04. The molecule has 0 saturated carbocycles. The summed E-state index contributed by atoms with van der Waals surface area (Å²) in [6.07, 6.45) is 3.44. The molecular weight excluding hydrogens is 246 g/mol. The van der Waals surface area contributed by atoms with Crippen molar-refractivity contribution in [2.75, 3.05) is 14.2 Å². The normalized spacial score (nSPS) is 12.3. The Morgan fingerprint density at radius 1 is 1.37 bits per heavy atom. The van der Waals surface area contributed by atoms with Gasteiger partial charge in [-0.3, -0.25) is 4.79 Å². The number of esters is 1. The molecule has 0 aliphatic heterocycles. The first kappa shape index (κ1) is 15.0. The molecule has 5 heteroatoms. The molecular formula is C14H19NO4. The SMILES string of the molecule is COC(=O)C(/C=N\O)CCCc1ccc(OC)cc1. The van der Waals surface area contributed by atoms with E-state index in [2.05, 4.69) is 9.89 Å². The minimum absolute atomic E-state index is 0.382. The summed E-state index contributed by atoms with van der Waals surface area (Å²) in [4.78, 5) is 11.4. The summed E-state index contributed by atoms with van der Waals surface area (Å²) in [5.41, 5.74) is 1.17. The topological polar surface area (TPSA) is 68.1 Å². The Kier molecular flexibility index (Phi) is 6.43. The predicted octanol–water partition coefficient (Wildman–Crippen LogP) is 2.27. The number of carbonyl (C=O) groups excluding carboxylic acids is 1. The Bertz CT molecular complexity index is 414. The maximum Gasteiger partial charge on any atom is 0.314 e. The second-order valence-electron chi connectivity index (χ2n) is 4.13. The molecule has 19 heavy (non-hydrogen) atoms. The van der Waals surface area contributed by atoms with Crippen LogP contribution in [0.1, 0.15) is 18.4 Å². The molecule has 0 radical (unpaired) electrons. The van der Waals surface area contributed by atoms with Gasteiger partial charge in [0.05, 0.1) is 26.4 Å². The number of nitrogens with zero attached hydrogens (tertiary/aromatic N) is 1. The number of carbonyl (C=O) groups is 1. The molecule has 0 bridgehead atoms. The van der Waals surface area contributed by atoms with Crippen molar-refractivity contribution in [2.45, 2.75) is 19.3 Å². The van der Waals surface area contributed by atoms with Crippen molar-refractivity contribution in [3.8, 4) is 5.75 Å². The van der Waals surface area contributed by atoms with Crippen LogP contribution in [0.4, 0.5) is 0 Å². The fraction of sp³-hybridized carbons (Fsp3) is 0.429. The second kappa shape index (κ2) is 8.13. The van der Waals surface area contributed by atoms with E-state index in [-0.39, 0.29) is 5.97 Å². The number of oxime groups is 1. The first-order chi connectivity index (χ1) is 9.21. The van der Waals surface area contributed by atoms with E-state index < -0.39 is 5.92 Å². The van der Waals surface area contributed by atoms with Crippen molar-refractivity contribution in [1.82, 2.24) is 0 Å². The summed E-state index contributed by atoms with van der Waals surface area (Å²) >= 11 is 0. The largest absolute Gasteiger partial charge is 0.497 e. The number of hydrogen-bond donors (Lipinski definition) is 1. The van der Waals surface area contributed by atoms with Crippen molar-refractivity contribution < 1.29 is 19.5 Å².